The minimum atomic E-state index is -0.131. The predicted molar refractivity (Wildman–Crippen MR) is 89.1 cm³/mol. The highest BCUT2D eigenvalue weighted by Crippen LogP contribution is 2.40. The van der Waals surface area contributed by atoms with Gasteiger partial charge in [0.05, 0.1) is 12.7 Å². The van der Waals surface area contributed by atoms with E-state index in [1.54, 1.807) is 13.2 Å². The summed E-state index contributed by atoms with van der Waals surface area (Å²) in [7, 11) is 1.63. The highest BCUT2D eigenvalue weighted by Gasteiger charge is 2.30. The number of rotatable bonds is 4. The molecule has 120 valence electrons. The van der Waals surface area contributed by atoms with Crippen molar-refractivity contribution in [2.75, 3.05) is 7.11 Å². The van der Waals surface area contributed by atoms with Gasteiger partial charge in [-0.05, 0) is 19.1 Å². The monoisotopic (exact) mass is 311 g/mol. The quantitative estimate of drug-likeness (QED) is 0.940. The van der Waals surface area contributed by atoms with Crippen LogP contribution in [-0.4, -0.2) is 19.1 Å². The van der Waals surface area contributed by atoms with Crippen LogP contribution in [0.1, 0.15) is 41.3 Å². The fourth-order valence-corrected chi connectivity index (χ4v) is 2.88. The lowest BCUT2D eigenvalue weighted by atomic mass is 9.97. The van der Waals surface area contributed by atoms with Gasteiger partial charge >= 0.3 is 0 Å². The number of ether oxygens (including phenoxy) is 2. The average molecular weight is 311 g/mol. The number of hydrogen-bond acceptors (Lipinski definition) is 3. The normalized spacial score (nSPS) is 18.9. The third-order valence-electron chi connectivity index (χ3n) is 4.42. The van der Waals surface area contributed by atoms with E-state index in [9.17, 15) is 4.79 Å². The van der Waals surface area contributed by atoms with Crippen LogP contribution >= 0.6 is 0 Å². The van der Waals surface area contributed by atoms with Crippen molar-refractivity contribution in [1.29, 1.82) is 0 Å². The largest absolute Gasteiger partial charge is 0.496 e. The smallest absolute Gasteiger partial charge is 0.255 e. The van der Waals surface area contributed by atoms with Gasteiger partial charge in [-0.25, -0.2) is 0 Å². The summed E-state index contributed by atoms with van der Waals surface area (Å²) in [4.78, 5) is 12.6. The van der Waals surface area contributed by atoms with Crippen molar-refractivity contribution in [1.82, 2.24) is 5.32 Å². The fraction of sp³-hybridized carbons (Fsp3) is 0.316. The molecular formula is C19H21NO3. The summed E-state index contributed by atoms with van der Waals surface area (Å²) in [6, 6.07) is 13.4. The lowest BCUT2D eigenvalue weighted by molar-refractivity contribution is 0.0945. The molecule has 1 aliphatic rings. The Labute approximate surface area is 136 Å². The molecule has 4 heteroatoms. The maximum atomic E-state index is 12.6. The Morgan fingerprint density at radius 3 is 2.74 bits per heavy atom. The summed E-state index contributed by atoms with van der Waals surface area (Å²) < 4.78 is 11.2. The van der Waals surface area contributed by atoms with Crippen LogP contribution in [0.3, 0.4) is 0 Å². The number of hydrogen-bond donors (Lipinski definition) is 1. The van der Waals surface area contributed by atoms with E-state index < -0.39 is 0 Å². The van der Waals surface area contributed by atoms with Crippen molar-refractivity contribution in [2.45, 2.75) is 32.4 Å². The lowest BCUT2D eigenvalue weighted by Gasteiger charge is -2.12. The predicted octanol–water partition coefficient (Wildman–Crippen LogP) is 3.51. The van der Waals surface area contributed by atoms with Gasteiger partial charge in [-0.3, -0.25) is 4.79 Å². The Balaban J connectivity index is 1.78. The molecule has 0 saturated carbocycles. The Morgan fingerprint density at radius 2 is 1.96 bits per heavy atom. The molecule has 0 unspecified atom stereocenters. The van der Waals surface area contributed by atoms with Gasteiger partial charge in [-0.15, -0.1) is 0 Å². The molecule has 0 aliphatic carbocycles. The van der Waals surface area contributed by atoms with E-state index in [2.05, 4.69) is 12.2 Å². The molecule has 1 N–H and O–H groups in total. The highest BCUT2D eigenvalue weighted by molar-refractivity contribution is 5.97. The van der Waals surface area contributed by atoms with Crippen LogP contribution in [0.25, 0.3) is 0 Å². The van der Waals surface area contributed by atoms with Gasteiger partial charge in [0.2, 0.25) is 0 Å². The van der Waals surface area contributed by atoms with E-state index in [4.69, 9.17) is 9.47 Å². The van der Waals surface area contributed by atoms with E-state index in [1.165, 1.54) is 0 Å². The number of fused-ring (bicyclic) bond motifs is 1. The zero-order valence-corrected chi connectivity index (χ0v) is 13.6. The number of nitrogens with one attached hydrogen (secondary N) is 1. The topological polar surface area (TPSA) is 47.6 Å². The van der Waals surface area contributed by atoms with Crippen LogP contribution in [0.5, 0.6) is 11.5 Å². The summed E-state index contributed by atoms with van der Waals surface area (Å²) in [5.74, 6) is 1.65. The summed E-state index contributed by atoms with van der Waals surface area (Å²) in [5.41, 5.74) is 2.63. The molecule has 0 bridgehead atoms. The minimum Gasteiger partial charge on any atom is -0.496 e. The lowest BCUT2D eigenvalue weighted by Crippen LogP contribution is -2.23. The zero-order chi connectivity index (χ0) is 16.4. The highest BCUT2D eigenvalue weighted by atomic mass is 16.5. The molecule has 0 fully saturated rings. The number of methoxy groups -OCH3 is 1. The molecule has 0 aromatic heterocycles. The zero-order valence-electron chi connectivity index (χ0n) is 13.6. The number of benzene rings is 2. The standard InChI is InChI=1S/C19H21NO3/c1-12-13(2)23-18-15(12)8-6-9-16(18)19(21)20-11-14-7-4-5-10-17(14)22-3/h4-10,12-13H,11H2,1-3H3,(H,20,21)/t12-,13-/m1/s1. The Hall–Kier alpha value is -2.49. The Morgan fingerprint density at radius 1 is 1.17 bits per heavy atom. The first-order valence-electron chi connectivity index (χ1n) is 7.81. The third kappa shape index (κ3) is 2.89. The van der Waals surface area contributed by atoms with Gasteiger partial charge in [0.1, 0.15) is 17.6 Å². The second kappa shape index (κ2) is 6.32. The van der Waals surface area contributed by atoms with Crippen LogP contribution < -0.4 is 14.8 Å². The molecule has 0 saturated heterocycles. The summed E-state index contributed by atoms with van der Waals surface area (Å²) >= 11 is 0. The van der Waals surface area contributed by atoms with Crippen molar-refractivity contribution in [3.63, 3.8) is 0 Å². The number of carbonyl (C=O) groups is 1. The van der Waals surface area contributed by atoms with Crippen molar-refractivity contribution in [3.8, 4) is 11.5 Å². The van der Waals surface area contributed by atoms with E-state index in [1.807, 2.05) is 43.3 Å². The van der Waals surface area contributed by atoms with Gasteiger partial charge < -0.3 is 14.8 Å². The molecular weight excluding hydrogens is 290 g/mol. The first-order chi connectivity index (χ1) is 11.1. The molecule has 2 atom stereocenters. The molecule has 4 nitrogen and oxygen atoms in total. The van der Waals surface area contributed by atoms with Crippen LogP contribution in [0.15, 0.2) is 42.5 Å². The molecule has 23 heavy (non-hydrogen) atoms. The SMILES string of the molecule is COc1ccccc1CNC(=O)c1cccc2c1O[C@H](C)[C@H]2C. The van der Waals surface area contributed by atoms with Gasteiger partial charge in [-0.2, -0.15) is 0 Å². The fourth-order valence-electron chi connectivity index (χ4n) is 2.88. The van der Waals surface area contributed by atoms with E-state index in [-0.39, 0.29) is 12.0 Å². The summed E-state index contributed by atoms with van der Waals surface area (Å²) in [6.45, 7) is 4.56. The number of para-hydroxylation sites is 2. The van der Waals surface area contributed by atoms with Gasteiger partial charge in [-0.1, -0.05) is 37.3 Å². The molecule has 3 rings (SSSR count). The second-order valence-corrected chi connectivity index (χ2v) is 5.83. The average Bonchev–Trinajstić information content (AvgIpc) is 2.87. The van der Waals surface area contributed by atoms with Crippen molar-refractivity contribution >= 4 is 5.91 Å². The second-order valence-electron chi connectivity index (χ2n) is 5.83. The van der Waals surface area contributed by atoms with Crippen molar-refractivity contribution in [2.24, 2.45) is 0 Å². The minimum absolute atomic E-state index is 0.0909. The van der Waals surface area contributed by atoms with Gasteiger partial charge in [0.15, 0.2) is 0 Å². The Bertz CT molecular complexity index is 726. The molecule has 1 amide bonds. The summed E-state index contributed by atoms with van der Waals surface area (Å²) in [6.07, 6.45) is 0.0909. The van der Waals surface area contributed by atoms with Crippen LogP contribution in [-0.2, 0) is 6.54 Å². The van der Waals surface area contributed by atoms with Crippen LogP contribution in [0.2, 0.25) is 0 Å². The molecule has 2 aromatic carbocycles. The van der Waals surface area contributed by atoms with E-state index in [0.29, 0.717) is 23.8 Å². The van der Waals surface area contributed by atoms with E-state index in [0.717, 1.165) is 16.9 Å². The maximum Gasteiger partial charge on any atom is 0.255 e. The van der Waals surface area contributed by atoms with Gasteiger partial charge in [0.25, 0.3) is 5.91 Å². The first-order valence-corrected chi connectivity index (χ1v) is 7.81. The van der Waals surface area contributed by atoms with Crippen molar-refractivity contribution in [3.05, 3.63) is 59.2 Å². The Kier molecular flexibility index (Phi) is 4.24. The first kappa shape index (κ1) is 15.4. The van der Waals surface area contributed by atoms with E-state index >= 15 is 0 Å². The third-order valence-corrected chi connectivity index (χ3v) is 4.42. The molecule has 1 aliphatic heterocycles. The maximum absolute atomic E-state index is 12.6. The summed E-state index contributed by atoms with van der Waals surface area (Å²) in [5, 5.41) is 2.95. The number of amides is 1. The van der Waals surface area contributed by atoms with Crippen LogP contribution in [0.4, 0.5) is 0 Å². The van der Waals surface area contributed by atoms with Crippen LogP contribution in [0, 0.1) is 0 Å². The molecule has 0 spiro atoms. The number of carbonyl (C=O) groups excluding carboxylic acids is 1. The van der Waals surface area contributed by atoms with Crippen molar-refractivity contribution < 1.29 is 14.3 Å². The van der Waals surface area contributed by atoms with Gasteiger partial charge in [0, 0.05) is 23.6 Å². The molecule has 2 aromatic rings. The molecule has 1 heterocycles. The molecule has 0 radical (unpaired) electrons.